The third kappa shape index (κ3) is 3.74. The van der Waals surface area contributed by atoms with Crippen LogP contribution in [0.5, 0.6) is 0 Å². The Balaban J connectivity index is 2.59. The van der Waals surface area contributed by atoms with Crippen molar-refractivity contribution in [3.63, 3.8) is 0 Å². The molecule has 0 radical (unpaired) electrons. The number of methoxy groups -OCH3 is 1. The smallest absolute Gasteiger partial charge is 0.325 e. The largest absolute Gasteiger partial charge is 0.480 e. The number of carbonyl (C=O) groups is 2. The first-order chi connectivity index (χ1) is 11.3. The molecule has 0 fully saturated rings. The molecule has 0 aromatic carbocycles. The normalized spacial score (nSPS) is 10.8. The second kappa shape index (κ2) is 7.18. The highest BCUT2D eigenvalue weighted by Crippen LogP contribution is 2.17. The van der Waals surface area contributed by atoms with Gasteiger partial charge in [-0.25, -0.2) is 9.67 Å². The molecule has 0 saturated carbocycles. The van der Waals surface area contributed by atoms with Gasteiger partial charge in [0.25, 0.3) is 5.56 Å². The number of hydrogen-bond donors (Lipinski definition) is 2. The van der Waals surface area contributed by atoms with Gasteiger partial charge in [0, 0.05) is 24.8 Å². The van der Waals surface area contributed by atoms with Crippen molar-refractivity contribution in [1.82, 2.24) is 19.7 Å². The number of aryl methyl sites for hydroxylation is 1. The molecule has 0 atom stereocenters. The maximum absolute atomic E-state index is 12.3. The van der Waals surface area contributed by atoms with Gasteiger partial charge in [0.1, 0.15) is 6.54 Å². The number of carbonyl (C=O) groups excluding carboxylic acids is 1. The van der Waals surface area contributed by atoms with Crippen LogP contribution in [0.15, 0.2) is 10.9 Å². The highest BCUT2D eigenvalue weighted by Gasteiger charge is 2.19. The van der Waals surface area contributed by atoms with Gasteiger partial charge in [0.2, 0.25) is 0 Å². The van der Waals surface area contributed by atoms with E-state index in [0.29, 0.717) is 30.1 Å². The zero-order valence-corrected chi connectivity index (χ0v) is 13.6. The van der Waals surface area contributed by atoms with Crippen molar-refractivity contribution in [2.24, 2.45) is 0 Å². The number of ketones is 1. The molecule has 0 spiro atoms. The number of carboxylic acid groups (broad SMARTS) is 1. The first-order valence-corrected chi connectivity index (χ1v) is 7.23. The van der Waals surface area contributed by atoms with Crippen molar-refractivity contribution < 1.29 is 19.4 Å². The second-order valence-electron chi connectivity index (χ2n) is 5.25. The van der Waals surface area contributed by atoms with Crippen LogP contribution in [0.1, 0.15) is 28.8 Å². The molecule has 0 amide bonds. The molecule has 2 aromatic heterocycles. The third-order valence-electron chi connectivity index (χ3n) is 3.39. The summed E-state index contributed by atoms with van der Waals surface area (Å²) in [4.78, 5) is 41.8. The topological polar surface area (TPSA) is 127 Å². The Kier molecular flexibility index (Phi) is 5.24. The molecule has 2 rings (SSSR count). The van der Waals surface area contributed by atoms with Crippen LogP contribution in [0, 0.1) is 6.92 Å². The van der Waals surface area contributed by atoms with Crippen LogP contribution in [0.2, 0.25) is 0 Å². The zero-order valence-electron chi connectivity index (χ0n) is 13.6. The van der Waals surface area contributed by atoms with E-state index in [1.807, 2.05) is 0 Å². The van der Waals surface area contributed by atoms with Gasteiger partial charge in [-0.2, -0.15) is 5.10 Å². The quantitative estimate of drug-likeness (QED) is 0.702. The first-order valence-electron chi connectivity index (χ1n) is 7.23. The van der Waals surface area contributed by atoms with Crippen LogP contribution in [0.3, 0.4) is 0 Å². The lowest BCUT2D eigenvalue weighted by Gasteiger charge is -2.06. The Morgan fingerprint density at radius 3 is 2.71 bits per heavy atom. The van der Waals surface area contributed by atoms with E-state index < -0.39 is 18.1 Å². The number of pyridine rings is 1. The number of rotatable bonds is 7. The van der Waals surface area contributed by atoms with Gasteiger partial charge in [-0.15, -0.1) is 0 Å². The zero-order chi connectivity index (χ0) is 17.9. The number of nitrogens with one attached hydrogen (secondary N) is 1. The Morgan fingerprint density at radius 2 is 2.12 bits per heavy atom. The molecule has 24 heavy (non-hydrogen) atoms. The predicted molar refractivity (Wildman–Crippen MR) is 84.0 cm³/mol. The summed E-state index contributed by atoms with van der Waals surface area (Å²) in [5, 5.41) is 13.1. The number of ether oxygens (including phenoxy) is 1. The van der Waals surface area contributed by atoms with Crippen molar-refractivity contribution in [2.75, 3.05) is 13.7 Å². The maximum atomic E-state index is 12.3. The minimum absolute atomic E-state index is 0.100. The molecule has 2 N–H and O–H groups in total. The first kappa shape index (κ1) is 17.5. The fraction of sp³-hybridized carbons (Fsp3) is 0.400. The Hall–Kier alpha value is -2.81. The molecule has 2 aromatic rings. The van der Waals surface area contributed by atoms with Crippen molar-refractivity contribution in [3.8, 4) is 11.4 Å². The van der Waals surface area contributed by atoms with E-state index in [4.69, 9.17) is 9.84 Å². The molecule has 9 nitrogen and oxygen atoms in total. The summed E-state index contributed by atoms with van der Waals surface area (Å²) in [6.07, 6.45) is 0.374. The average Bonchev–Trinajstić information content (AvgIpc) is 2.86. The van der Waals surface area contributed by atoms with Crippen LogP contribution in [0.4, 0.5) is 0 Å². The van der Waals surface area contributed by atoms with Gasteiger partial charge in [-0.1, -0.05) is 0 Å². The molecular weight excluding hydrogens is 316 g/mol. The number of aromatic amines is 1. The number of Topliss-reactive ketones (excluding diaryl/α,β-unsaturated/α-hetero) is 1. The van der Waals surface area contributed by atoms with E-state index in [-0.39, 0.29) is 17.2 Å². The Labute approximate surface area is 137 Å². The minimum atomic E-state index is -1.12. The van der Waals surface area contributed by atoms with Crippen molar-refractivity contribution in [3.05, 3.63) is 33.5 Å². The van der Waals surface area contributed by atoms with Gasteiger partial charge in [0.15, 0.2) is 17.4 Å². The van der Waals surface area contributed by atoms with Gasteiger partial charge in [-0.05, 0) is 19.9 Å². The summed E-state index contributed by atoms with van der Waals surface area (Å²) in [6, 6.07) is 1.42. The standard InChI is InChI=1S/C15H18N4O5/c1-8-10(9(2)20)6-11(15(23)16-8)14-17-12(4-5-24-3)18-19(14)7-13(21)22/h6H,4-5,7H2,1-3H3,(H,16,23)(H,21,22). The van der Waals surface area contributed by atoms with Crippen LogP contribution in [0.25, 0.3) is 11.4 Å². The molecule has 0 saturated heterocycles. The van der Waals surface area contributed by atoms with E-state index >= 15 is 0 Å². The van der Waals surface area contributed by atoms with E-state index in [1.54, 1.807) is 6.92 Å². The van der Waals surface area contributed by atoms with E-state index in [2.05, 4.69) is 15.1 Å². The van der Waals surface area contributed by atoms with Gasteiger partial charge < -0.3 is 14.8 Å². The van der Waals surface area contributed by atoms with Crippen molar-refractivity contribution in [1.29, 1.82) is 0 Å². The fourth-order valence-corrected chi connectivity index (χ4v) is 2.28. The number of nitrogens with zero attached hydrogens (tertiary/aromatic N) is 3. The maximum Gasteiger partial charge on any atom is 0.325 e. The van der Waals surface area contributed by atoms with Crippen molar-refractivity contribution in [2.45, 2.75) is 26.8 Å². The summed E-state index contributed by atoms with van der Waals surface area (Å²) in [5.41, 5.74) is 0.422. The number of aliphatic carboxylic acids is 1. The lowest BCUT2D eigenvalue weighted by Crippen LogP contribution is -2.18. The van der Waals surface area contributed by atoms with E-state index in [1.165, 1.54) is 20.1 Å². The van der Waals surface area contributed by atoms with Gasteiger partial charge >= 0.3 is 5.97 Å². The second-order valence-corrected chi connectivity index (χ2v) is 5.25. The molecule has 0 aliphatic rings. The van der Waals surface area contributed by atoms with Gasteiger partial charge in [0.05, 0.1) is 12.2 Å². The summed E-state index contributed by atoms with van der Waals surface area (Å²) < 4.78 is 6.09. The summed E-state index contributed by atoms with van der Waals surface area (Å²) in [7, 11) is 1.53. The molecule has 9 heteroatoms. The highest BCUT2D eigenvalue weighted by molar-refractivity contribution is 5.96. The number of H-pyrrole nitrogens is 1. The predicted octanol–water partition coefficient (Wildman–Crippen LogP) is 0.418. The fourth-order valence-electron chi connectivity index (χ4n) is 2.28. The molecule has 0 aliphatic carbocycles. The number of hydrogen-bond acceptors (Lipinski definition) is 6. The third-order valence-corrected chi connectivity index (χ3v) is 3.39. The number of aromatic nitrogens is 4. The lowest BCUT2D eigenvalue weighted by molar-refractivity contribution is -0.137. The monoisotopic (exact) mass is 334 g/mol. The number of carboxylic acids is 1. The van der Waals surface area contributed by atoms with Crippen LogP contribution in [-0.2, 0) is 22.5 Å². The van der Waals surface area contributed by atoms with Crippen LogP contribution < -0.4 is 5.56 Å². The Morgan fingerprint density at radius 1 is 1.42 bits per heavy atom. The summed E-state index contributed by atoms with van der Waals surface area (Å²) >= 11 is 0. The lowest BCUT2D eigenvalue weighted by atomic mass is 10.1. The average molecular weight is 334 g/mol. The molecule has 0 unspecified atom stereocenters. The molecule has 2 heterocycles. The molecule has 128 valence electrons. The molecule has 0 bridgehead atoms. The summed E-state index contributed by atoms with van der Waals surface area (Å²) in [6.45, 7) is 2.92. The van der Waals surface area contributed by atoms with E-state index in [9.17, 15) is 14.4 Å². The summed E-state index contributed by atoms with van der Waals surface area (Å²) in [5.74, 6) is -0.867. The van der Waals surface area contributed by atoms with E-state index in [0.717, 1.165) is 4.68 Å². The highest BCUT2D eigenvalue weighted by atomic mass is 16.5. The molecule has 0 aliphatic heterocycles. The van der Waals surface area contributed by atoms with Crippen LogP contribution in [-0.4, -0.2) is 50.3 Å². The van der Waals surface area contributed by atoms with Crippen LogP contribution >= 0.6 is 0 Å². The SMILES string of the molecule is COCCc1nc(-c2cc(C(C)=O)c(C)[nH]c2=O)n(CC(=O)O)n1. The molecular formula is C15H18N4O5. The Bertz CT molecular complexity index is 837. The minimum Gasteiger partial charge on any atom is -0.480 e. The van der Waals surface area contributed by atoms with Crippen molar-refractivity contribution >= 4 is 11.8 Å². The van der Waals surface area contributed by atoms with Gasteiger partial charge in [-0.3, -0.25) is 14.4 Å².